The molecule has 0 radical (unpaired) electrons. The minimum Gasteiger partial charge on any atom is -0.496 e. The molecule has 0 aliphatic rings. The normalized spacial score (nSPS) is 14.0. The third-order valence-corrected chi connectivity index (χ3v) is 11.6. The van der Waals surface area contributed by atoms with Gasteiger partial charge in [0.2, 0.25) is 0 Å². The molecule has 0 bridgehead atoms. The van der Waals surface area contributed by atoms with Crippen LogP contribution in [-0.2, 0) is 21.8 Å². The molecule has 4 aromatic rings. The smallest absolute Gasteiger partial charge is 0.126 e. The zero-order chi connectivity index (χ0) is 31.6. The van der Waals surface area contributed by atoms with E-state index < -0.39 is 23.7 Å². The van der Waals surface area contributed by atoms with E-state index in [-0.39, 0.29) is 16.9 Å². The van der Waals surface area contributed by atoms with Gasteiger partial charge in [0.1, 0.15) is 5.75 Å². The Kier molecular flexibility index (Phi) is 10.1. The van der Waals surface area contributed by atoms with Crippen LogP contribution in [-0.4, -0.2) is 16.1 Å². The van der Waals surface area contributed by atoms with E-state index in [9.17, 15) is 4.21 Å². The monoisotopic (exact) mass is 613 g/mol. The van der Waals surface area contributed by atoms with E-state index in [4.69, 9.17) is 4.74 Å². The molecule has 0 aliphatic heterocycles. The Morgan fingerprint density at radius 2 is 1.12 bits per heavy atom. The van der Waals surface area contributed by atoms with E-state index in [1.54, 1.807) is 7.11 Å². The lowest BCUT2D eigenvalue weighted by Crippen LogP contribution is -2.38. The second-order valence-corrected chi connectivity index (χ2v) is 18.3. The molecule has 0 aliphatic carbocycles. The number of methoxy groups -OCH3 is 1. The average Bonchev–Trinajstić information content (AvgIpc) is 2.95. The summed E-state index contributed by atoms with van der Waals surface area (Å²) in [6.45, 7) is 19.5. The van der Waals surface area contributed by atoms with Crippen molar-refractivity contribution in [3.8, 4) is 5.75 Å². The van der Waals surface area contributed by atoms with Gasteiger partial charge in [-0.2, -0.15) is 0 Å². The van der Waals surface area contributed by atoms with E-state index in [2.05, 4.69) is 143 Å². The molecule has 43 heavy (non-hydrogen) atoms. The molecule has 0 spiro atoms. The highest BCUT2D eigenvalue weighted by Crippen LogP contribution is 2.44. The van der Waals surface area contributed by atoms with Gasteiger partial charge in [-0.05, 0) is 78.7 Å². The standard InChI is InChI=1S/C38H48NO2PS/c1-36(2,3)31-25-27(26-32(35(31)41-10)37(4,5)6)34(39-43(40)38(7,8)9)30-23-17-18-24-33(30)42(28-19-13-11-14-20-28)29-21-15-12-16-22-29/h11-26,34,39H,1-10H3. The molecule has 0 amide bonds. The van der Waals surface area contributed by atoms with Crippen LogP contribution in [0.5, 0.6) is 5.75 Å². The molecule has 0 fully saturated rings. The molecular weight excluding hydrogens is 565 g/mol. The van der Waals surface area contributed by atoms with Gasteiger partial charge in [0.25, 0.3) is 0 Å². The van der Waals surface area contributed by atoms with Crippen molar-refractivity contribution >= 4 is 34.8 Å². The van der Waals surface area contributed by atoms with Crippen LogP contribution in [0.2, 0.25) is 0 Å². The summed E-state index contributed by atoms with van der Waals surface area (Å²) in [6.07, 6.45) is 0. The molecule has 1 N–H and O–H groups in total. The van der Waals surface area contributed by atoms with E-state index in [1.807, 2.05) is 20.8 Å². The highest BCUT2D eigenvalue weighted by Gasteiger charge is 2.33. The van der Waals surface area contributed by atoms with Crippen molar-refractivity contribution in [1.29, 1.82) is 0 Å². The SMILES string of the molecule is COc1c(C(C)(C)C)cc(C(NS(=O)C(C)(C)C)c2ccccc2P(c2ccccc2)c2ccccc2)cc1C(C)(C)C. The first-order valence-electron chi connectivity index (χ1n) is 15.0. The molecule has 2 atom stereocenters. The molecule has 2 unspecified atom stereocenters. The van der Waals surface area contributed by atoms with Gasteiger partial charge in [0.15, 0.2) is 0 Å². The summed E-state index contributed by atoms with van der Waals surface area (Å²) in [6, 6.07) is 34.5. The molecule has 0 saturated carbocycles. The Balaban J connectivity index is 2.06. The summed E-state index contributed by atoms with van der Waals surface area (Å²) in [5, 5.41) is 3.82. The Bertz CT molecular complexity index is 1470. The fourth-order valence-electron chi connectivity index (χ4n) is 5.26. The predicted molar refractivity (Wildman–Crippen MR) is 188 cm³/mol. The van der Waals surface area contributed by atoms with Crippen molar-refractivity contribution < 1.29 is 8.95 Å². The van der Waals surface area contributed by atoms with Crippen LogP contribution in [0.15, 0.2) is 97.1 Å². The van der Waals surface area contributed by atoms with Gasteiger partial charge >= 0.3 is 0 Å². The van der Waals surface area contributed by atoms with Gasteiger partial charge < -0.3 is 4.74 Å². The fraction of sp³-hybridized carbons (Fsp3) is 0.368. The maximum Gasteiger partial charge on any atom is 0.126 e. The predicted octanol–water partition coefficient (Wildman–Crippen LogP) is 8.19. The summed E-state index contributed by atoms with van der Waals surface area (Å²) in [7, 11) is -0.422. The molecule has 0 heterocycles. The zero-order valence-corrected chi connectivity index (χ0v) is 29.2. The summed E-state index contributed by atoms with van der Waals surface area (Å²) in [4.78, 5) is 0. The van der Waals surface area contributed by atoms with Gasteiger partial charge in [0.05, 0.1) is 28.9 Å². The van der Waals surface area contributed by atoms with Crippen LogP contribution < -0.4 is 25.4 Å². The van der Waals surface area contributed by atoms with Crippen molar-refractivity contribution in [3.63, 3.8) is 0 Å². The van der Waals surface area contributed by atoms with Crippen LogP contribution >= 0.6 is 7.92 Å². The van der Waals surface area contributed by atoms with Gasteiger partial charge in [-0.15, -0.1) is 0 Å². The van der Waals surface area contributed by atoms with E-state index in [0.29, 0.717) is 0 Å². The number of hydrogen-bond acceptors (Lipinski definition) is 2. The zero-order valence-electron chi connectivity index (χ0n) is 27.5. The Hall–Kier alpha value is -2.78. The first-order valence-corrected chi connectivity index (χ1v) is 17.5. The van der Waals surface area contributed by atoms with Crippen LogP contribution in [0.25, 0.3) is 0 Å². The van der Waals surface area contributed by atoms with Gasteiger partial charge in [-0.25, -0.2) is 8.93 Å². The third-order valence-electron chi connectivity index (χ3n) is 7.56. The summed E-state index contributed by atoms with van der Waals surface area (Å²) in [5.74, 6) is 0.934. The lowest BCUT2D eigenvalue weighted by molar-refractivity contribution is 0.381. The van der Waals surface area contributed by atoms with Crippen molar-refractivity contribution in [1.82, 2.24) is 4.72 Å². The van der Waals surface area contributed by atoms with Crippen LogP contribution in [0.1, 0.15) is 90.6 Å². The van der Waals surface area contributed by atoms with Crippen LogP contribution in [0.3, 0.4) is 0 Å². The number of benzene rings is 4. The lowest BCUT2D eigenvalue weighted by atomic mass is 9.77. The number of nitrogens with one attached hydrogen (secondary N) is 1. The van der Waals surface area contributed by atoms with Crippen LogP contribution in [0.4, 0.5) is 0 Å². The molecular formula is C38H48NO2PS. The second kappa shape index (κ2) is 13.1. The Labute approximate surface area is 263 Å². The maximum atomic E-state index is 13.9. The quantitative estimate of drug-likeness (QED) is 0.204. The topological polar surface area (TPSA) is 38.3 Å². The molecule has 4 aromatic carbocycles. The number of hydrogen-bond donors (Lipinski definition) is 1. The van der Waals surface area contributed by atoms with E-state index in [1.165, 1.54) is 15.9 Å². The summed E-state index contributed by atoms with van der Waals surface area (Å²) in [5.41, 5.74) is 4.22. The van der Waals surface area contributed by atoms with Crippen LogP contribution in [0, 0.1) is 0 Å². The first kappa shape index (κ1) is 33.1. The van der Waals surface area contributed by atoms with E-state index >= 15 is 0 Å². The van der Waals surface area contributed by atoms with Gasteiger partial charge in [-0.1, -0.05) is 126 Å². The highest BCUT2D eigenvalue weighted by molar-refractivity contribution is 7.84. The van der Waals surface area contributed by atoms with Crippen molar-refractivity contribution in [2.75, 3.05) is 7.11 Å². The summed E-state index contributed by atoms with van der Waals surface area (Å²) >= 11 is 0. The molecule has 228 valence electrons. The molecule has 0 saturated heterocycles. The number of ether oxygens (including phenoxy) is 1. The largest absolute Gasteiger partial charge is 0.496 e. The minimum absolute atomic E-state index is 0.157. The van der Waals surface area contributed by atoms with Crippen molar-refractivity contribution in [2.24, 2.45) is 0 Å². The Morgan fingerprint density at radius 1 is 0.674 bits per heavy atom. The third kappa shape index (κ3) is 7.66. The lowest BCUT2D eigenvalue weighted by Gasteiger charge is -2.33. The van der Waals surface area contributed by atoms with Crippen molar-refractivity contribution in [3.05, 3.63) is 119 Å². The summed E-state index contributed by atoms with van der Waals surface area (Å²) < 4.78 is 23.2. The van der Waals surface area contributed by atoms with Crippen molar-refractivity contribution in [2.45, 2.75) is 83.9 Å². The average molecular weight is 614 g/mol. The maximum absolute atomic E-state index is 13.9. The van der Waals surface area contributed by atoms with Gasteiger partial charge in [-0.3, -0.25) is 0 Å². The number of rotatable bonds is 8. The van der Waals surface area contributed by atoms with E-state index in [0.717, 1.165) is 28.0 Å². The molecule has 0 aromatic heterocycles. The minimum atomic E-state index is -1.32. The molecule has 4 rings (SSSR count). The highest BCUT2D eigenvalue weighted by atomic mass is 32.2. The Morgan fingerprint density at radius 3 is 1.53 bits per heavy atom. The first-order chi connectivity index (χ1) is 20.1. The fourth-order valence-corrected chi connectivity index (χ4v) is 8.59. The molecule has 3 nitrogen and oxygen atoms in total. The van der Waals surface area contributed by atoms with Gasteiger partial charge in [0, 0.05) is 11.1 Å². The molecule has 5 heteroatoms. The second-order valence-electron chi connectivity index (χ2n) is 14.1.